The molecule has 4 aliphatic carbocycles. The minimum absolute atomic E-state index is 0.0861. The fourth-order valence-corrected chi connectivity index (χ4v) is 6.70. The average Bonchev–Trinajstić information content (AvgIpc) is 2.66. The zero-order chi connectivity index (χ0) is 20.4. The molecule has 0 aliphatic heterocycles. The van der Waals surface area contributed by atoms with E-state index in [1.807, 2.05) is 24.3 Å². The molecule has 4 fully saturated rings. The van der Waals surface area contributed by atoms with Crippen LogP contribution in [0.1, 0.15) is 38.5 Å². The van der Waals surface area contributed by atoms with E-state index in [1.165, 1.54) is 4.68 Å². The molecule has 4 aliphatic rings. The van der Waals surface area contributed by atoms with Crippen LogP contribution in [0, 0.1) is 17.3 Å². The summed E-state index contributed by atoms with van der Waals surface area (Å²) in [5.74, 6) is -0.0653. The Hall–Kier alpha value is -1.86. The highest BCUT2D eigenvalue weighted by Crippen LogP contribution is 2.63. The van der Waals surface area contributed by atoms with Gasteiger partial charge in [-0.15, -0.1) is 0 Å². The van der Waals surface area contributed by atoms with Crippen LogP contribution in [0.2, 0.25) is 5.02 Å². The molecule has 8 heteroatoms. The van der Waals surface area contributed by atoms with Crippen molar-refractivity contribution >= 4 is 44.9 Å². The molecule has 1 aromatic carbocycles. The summed E-state index contributed by atoms with van der Waals surface area (Å²) in [6, 6.07) is 7.54. The zero-order valence-corrected chi connectivity index (χ0v) is 18.0. The number of carboxylic acid groups (broad SMARTS) is 1. The molecule has 2 unspecified atom stereocenters. The van der Waals surface area contributed by atoms with Gasteiger partial charge < -0.3 is 10.4 Å². The molecule has 0 amide bonds. The number of nitrogens with one attached hydrogen (secondary N) is 1. The smallest absolute Gasteiger partial charge is 0.309 e. The molecule has 1 aromatic heterocycles. The van der Waals surface area contributed by atoms with Gasteiger partial charge in [0.15, 0.2) is 0 Å². The van der Waals surface area contributed by atoms with E-state index in [0.717, 1.165) is 29.4 Å². The minimum atomic E-state index is -0.733. The molecule has 152 valence electrons. The molecule has 4 bridgehead atoms. The van der Waals surface area contributed by atoms with Crippen LogP contribution in [0.15, 0.2) is 39.7 Å². The molecule has 0 radical (unpaired) electrons. The highest BCUT2D eigenvalue weighted by Gasteiger charge is 2.62. The second-order valence-electron chi connectivity index (χ2n) is 8.99. The van der Waals surface area contributed by atoms with Crippen molar-refractivity contribution in [2.45, 2.75) is 44.1 Å². The van der Waals surface area contributed by atoms with Crippen molar-refractivity contribution in [1.29, 1.82) is 0 Å². The summed E-state index contributed by atoms with van der Waals surface area (Å²) >= 11 is 9.85. The van der Waals surface area contributed by atoms with Gasteiger partial charge in [-0.05, 0) is 74.6 Å². The highest BCUT2D eigenvalue weighted by molar-refractivity contribution is 9.10. The van der Waals surface area contributed by atoms with Gasteiger partial charge in [0.1, 0.15) is 5.02 Å². The van der Waals surface area contributed by atoms with Crippen LogP contribution in [0.3, 0.4) is 0 Å². The van der Waals surface area contributed by atoms with Gasteiger partial charge in [0.05, 0.1) is 22.8 Å². The van der Waals surface area contributed by atoms with Crippen molar-refractivity contribution < 1.29 is 9.90 Å². The van der Waals surface area contributed by atoms with Gasteiger partial charge in [-0.1, -0.05) is 27.5 Å². The van der Waals surface area contributed by atoms with E-state index in [0.29, 0.717) is 36.8 Å². The Kier molecular flexibility index (Phi) is 4.33. The van der Waals surface area contributed by atoms with Crippen LogP contribution < -0.4 is 10.9 Å². The van der Waals surface area contributed by atoms with E-state index in [2.05, 4.69) is 26.3 Å². The van der Waals surface area contributed by atoms with Crippen molar-refractivity contribution in [2.75, 3.05) is 5.32 Å². The average molecular weight is 479 g/mol. The summed E-state index contributed by atoms with van der Waals surface area (Å²) in [6.45, 7) is 0. The first-order chi connectivity index (χ1) is 13.8. The fraction of sp³-hybridized carbons (Fsp3) is 0.476. The first-order valence-electron chi connectivity index (χ1n) is 9.85. The molecule has 1 heterocycles. The Morgan fingerprint density at radius 2 is 1.86 bits per heavy atom. The number of halogens is 2. The summed E-state index contributed by atoms with van der Waals surface area (Å²) in [7, 11) is 0. The Balaban J connectivity index is 1.52. The van der Waals surface area contributed by atoms with E-state index in [1.54, 1.807) is 6.20 Å². The molecule has 2 aromatic rings. The van der Waals surface area contributed by atoms with Crippen molar-refractivity contribution in [1.82, 2.24) is 9.78 Å². The number of aromatic nitrogens is 2. The lowest BCUT2D eigenvalue weighted by Crippen LogP contribution is -2.61. The number of aliphatic carboxylic acids is 1. The topological polar surface area (TPSA) is 84.2 Å². The molecule has 0 saturated heterocycles. The van der Waals surface area contributed by atoms with Crippen LogP contribution in [0.25, 0.3) is 0 Å². The predicted octanol–water partition coefficient (Wildman–Crippen LogP) is 4.78. The maximum atomic E-state index is 13.2. The van der Waals surface area contributed by atoms with Crippen molar-refractivity contribution in [3.8, 4) is 0 Å². The Morgan fingerprint density at radius 3 is 2.48 bits per heavy atom. The van der Waals surface area contributed by atoms with Crippen LogP contribution in [-0.2, 0) is 10.3 Å². The van der Waals surface area contributed by atoms with Gasteiger partial charge in [0.25, 0.3) is 5.56 Å². The minimum Gasteiger partial charge on any atom is -0.481 e. The van der Waals surface area contributed by atoms with Gasteiger partial charge in [0.2, 0.25) is 0 Å². The summed E-state index contributed by atoms with van der Waals surface area (Å²) in [5, 5.41) is 17.7. The molecule has 6 nitrogen and oxygen atoms in total. The second kappa shape index (κ2) is 6.57. The third-order valence-corrected chi connectivity index (χ3v) is 7.87. The maximum absolute atomic E-state index is 13.2. The molecular formula is C21H21BrClN3O3. The van der Waals surface area contributed by atoms with Crippen LogP contribution >= 0.6 is 27.5 Å². The van der Waals surface area contributed by atoms with E-state index in [9.17, 15) is 14.7 Å². The number of rotatable bonds is 4. The van der Waals surface area contributed by atoms with Crippen LogP contribution in [-0.4, -0.2) is 20.9 Å². The summed E-state index contributed by atoms with van der Waals surface area (Å²) in [4.78, 5) is 25.3. The quantitative estimate of drug-likeness (QED) is 0.660. The van der Waals surface area contributed by atoms with E-state index >= 15 is 0 Å². The Labute approximate surface area is 181 Å². The summed E-state index contributed by atoms with van der Waals surface area (Å²) < 4.78 is 2.45. The maximum Gasteiger partial charge on any atom is 0.309 e. The molecular weight excluding hydrogens is 458 g/mol. The molecule has 2 N–H and O–H groups in total. The first kappa shape index (κ1) is 19.1. The number of carbonyl (C=O) groups is 1. The molecule has 4 saturated carbocycles. The Morgan fingerprint density at radius 1 is 1.21 bits per heavy atom. The van der Waals surface area contributed by atoms with Crippen LogP contribution in [0.4, 0.5) is 11.4 Å². The Bertz CT molecular complexity index is 1040. The third kappa shape index (κ3) is 3.01. The second-order valence-corrected chi connectivity index (χ2v) is 10.3. The van der Waals surface area contributed by atoms with E-state index in [4.69, 9.17) is 11.6 Å². The number of anilines is 2. The van der Waals surface area contributed by atoms with E-state index in [-0.39, 0.29) is 10.6 Å². The SMILES string of the molecule is O=C(O)C12C[C@H]3C[C@@H](C1)CC(n1ncc(Nc4ccc(Br)cc4)c(Cl)c1=O)(C3)C2. The monoisotopic (exact) mass is 477 g/mol. The zero-order valence-electron chi connectivity index (χ0n) is 15.7. The van der Waals surface area contributed by atoms with Crippen molar-refractivity contribution in [2.24, 2.45) is 17.3 Å². The molecule has 4 atom stereocenters. The van der Waals surface area contributed by atoms with E-state index < -0.39 is 16.9 Å². The predicted molar refractivity (Wildman–Crippen MR) is 114 cm³/mol. The standard InChI is InChI=1S/C21H21BrClN3O3/c22-14-1-3-15(4-2-14)25-16-10-24-26(18(27)17(16)23)21-8-12-5-13(9-21)7-20(6-12,11-21)19(28)29/h1-4,10,12-13,25H,5-9,11H2,(H,28,29)/t12-,13+,20?,21?. The molecule has 29 heavy (non-hydrogen) atoms. The highest BCUT2D eigenvalue weighted by atomic mass is 79.9. The van der Waals surface area contributed by atoms with Gasteiger partial charge in [0, 0.05) is 10.2 Å². The van der Waals surface area contributed by atoms with Crippen molar-refractivity contribution in [3.05, 3.63) is 50.3 Å². The number of benzene rings is 1. The van der Waals surface area contributed by atoms with Gasteiger partial charge >= 0.3 is 5.97 Å². The number of nitrogens with zero attached hydrogens (tertiary/aromatic N) is 2. The number of carboxylic acids is 1. The lowest BCUT2D eigenvalue weighted by molar-refractivity contribution is -0.173. The normalized spacial score (nSPS) is 32.3. The summed E-state index contributed by atoms with van der Waals surface area (Å²) in [6.07, 6.45) is 6.15. The number of hydrogen-bond donors (Lipinski definition) is 2. The third-order valence-electron chi connectivity index (χ3n) is 6.98. The summed E-state index contributed by atoms with van der Waals surface area (Å²) in [5.41, 5.74) is -0.372. The molecule has 0 spiro atoms. The lowest BCUT2D eigenvalue weighted by Gasteiger charge is -2.60. The molecule has 6 rings (SSSR count). The van der Waals surface area contributed by atoms with Gasteiger partial charge in [-0.2, -0.15) is 5.10 Å². The first-order valence-corrected chi connectivity index (χ1v) is 11.0. The van der Waals surface area contributed by atoms with Crippen LogP contribution in [0.5, 0.6) is 0 Å². The lowest BCUT2D eigenvalue weighted by atomic mass is 9.47. The largest absolute Gasteiger partial charge is 0.481 e. The van der Waals surface area contributed by atoms with Gasteiger partial charge in [-0.25, -0.2) is 4.68 Å². The number of hydrogen-bond acceptors (Lipinski definition) is 4. The van der Waals surface area contributed by atoms with Gasteiger partial charge in [-0.3, -0.25) is 9.59 Å². The fourth-order valence-electron chi connectivity index (χ4n) is 6.26. The van der Waals surface area contributed by atoms with Crippen molar-refractivity contribution in [3.63, 3.8) is 0 Å².